The first kappa shape index (κ1) is 17.4. The number of nitrogens with zero attached hydrogens (tertiary/aromatic N) is 1. The third-order valence-electron chi connectivity index (χ3n) is 3.90. The van der Waals surface area contributed by atoms with Gasteiger partial charge in [0.15, 0.2) is 0 Å². The highest BCUT2D eigenvalue weighted by molar-refractivity contribution is 7.89. The summed E-state index contributed by atoms with van der Waals surface area (Å²) in [4.78, 5) is 16.4. The van der Waals surface area contributed by atoms with Gasteiger partial charge >= 0.3 is 0 Å². The minimum Gasteiger partial charge on any atom is -0.381 e. The van der Waals surface area contributed by atoms with E-state index < -0.39 is 10.0 Å². The zero-order valence-electron chi connectivity index (χ0n) is 13.6. The largest absolute Gasteiger partial charge is 0.381 e. The maximum absolute atomic E-state index is 12.2. The maximum atomic E-state index is 12.2. The van der Waals surface area contributed by atoms with Gasteiger partial charge in [-0.15, -0.1) is 0 Å². The van der Waals surface area contributed by atoms with E-state index in [4.69, 9.17) is 5.14 Å². The Kier molecular flexibility index (Phi) is 5.00. The van der Waals surface area contributed by atoms with Gasteiger partial charge in [-0.2, -0.15) is 0 Å². The van der Waals surface area contributed by atoms with E-state index in [1.807, 2.05) is 0 Å². The molecule has 0 aliphatic heterocycles. The highest BCUT2D eigenvalue weighted by atomic mass is 32.2. The van der Waals surface area contributed by atoms with Crippen LogP contribution in [0.4, 0.5) is 5.69 Å². The molecular formula is C17H20N4O3S. The lowest BCUT2D eigenvalue weighted by Crippen LogP contribution is -2.26. The Bertz CT molecular complexity index is 862. The summed E-state index contributed by atoms with van der Waals surface area (Å²) in [6.07, 6.45) is 6.14. The molecule has 0 unspecified atom stereocenters. The normalized spacial score (nSPS) is 14.1. The molecule has 132 valence electrons. The minimum absolute atomic E-state index is 0.0753. The number of carbonyl (C=O) groups is 1. The van der Waals surface area contributed by atoms with E-state index in [1.54, 1.807) is 24.4 Å². The van der Waals surface area contributed by atoms with Crippen LogP contribution in [0.5, 0.6) is 0 Å². The number of carbonyl (C=O) groups excluding carboxylic acids is 1. The van der Waals surface area contributed by atoms with E-state index in [2.05, 4.69) is 15.6 Å². The molecule has 3 rings (SSSR count). The molecule has 1 aliphatic rings. The second kappa shape index (κ2) is 7.20. The van der Waals surface area contributed by atoms with Gasteiger partial charge in [-0.05, 0) is 43.0 Å². The highest BCUT2D eigenvalue weighted by Gasteiger charge is 2.21. The number of hydrogen-bond donors (Lipinski definition) is 3. The number of anilines is 1. The molecule has 1 saturated carbocycles. The fraction of sp³-hybridized carbons (Fsp3) is 0.294. The number of primary sulfonamides is 1. The van der Waals surface area contributed by atoms with Gasteiger partial charge in [0, 0.05) is 25.0 Å². The average molecular weight is 360 g/mol. The fourth-order valence-electron chi connectivity index (χ4n) is 2.37. The Balaban J connectivity index is 1.52. The molecule has 25 heavy (non-hydrogen) atoms. The van der Waals surface area contributed by atoms with E-state index in [1.165, 1.54) is 18.3 Å². The molecular weight excluding hydrogens is 340 g/mol. The number of nitrogens with two attached hydrogens (primary N) is 1. The second-order valence-corrected chi connectivity index (χ2v) is 7.64. The molecule has 1 heterocycles. The molecule has 1 amide bonds. The number of nitrogens with one attached hydrogen (secondary N) is 2. The van der Waals surface area contributed by atoms with Crippen molar-refractivity contribution in [3.63, 3.8) is 0 Å². The zero-order chi connectivity index (χ0) is 17.9. The molecule has 1 aromatic carbocycles. The monoisotopic (exact) mass is 360 g/mol. The Morgan fingerprint density at radius 3 is 2.56 bits per heavy atom. The van der Waals surface area contributed by atoms with Crippen molar-refractivity contribution >= 4 is 21.6 Å². The van der Waals surface area contributed by atoms with Gasteiger partial charge < -0.3 is 10.6 Å². The summed E-state index contributed by atoms with van der Waals surface area (Å²) in [7, 11) is -3.68. The van der Waals surface area contributed by atoms with Crippen molar-refractivity contribution in [3.05, 3.63) is 53.9 Å². The molecule has 0 radical (unpaired) electrons. The lowest BCUT2D eigenvalue weighted by atomic mass is 10.1. The lowest BCUT2D eigenvalue weighted by Gasteiger charge is -2.08. The van der Waals surface area contributed by atoms with Crippen molar-refractivity contribution in [3.8, 4) is 0 Å². The van der Waals surface area contributed by atoms with Crippen LogP contribution in [-0.2, 0) is 16.4 Å². The third-order valence-corrected chi connectivity index (χ3v) is 4.83. The first-order chi connectivity index (χ1) is 11.9. The summed E-state index contributed by atoms with van der Waals surface area (Å²) < 4.78 is 22.4. The van der Waals surface area contributed by atoms with Crippen LogP contribution >= 0.6 is 0 Å². The number of pyridine rings is 1. The Labute approximate surface area is 146 Å². The van der Waals surface area contributed by atoms with Crippen molar-refractivity contribution in [2.24, 2.45) is 5.14 Å². The van der Waals surface area contributed by atoms with Gasteiger partial charge in [0.05, 0.1) is 16.1 Å². The summed E-state index contributed by atoms with van der Waals surface area (Å²) in [5, 5.41) is 11.2. The van der Waals surface area contributed by atoms with Gasteiger partial charge in [0.2, 0.25) is 10.0 Å². The van der Waals surface area contributed by atoms with Gasteiger partial charge in [-0.3, -0.25) is 9.78 Å². The number of sulfonamides is 1. The number of hydrogen-bond acceptors (Lipinski definition) is 5. The molecule has 0 atom stereocenters. The topological polar surface area (TPSA) is 114 Å². The smallest absolute Gasteiger partial charge is 0.252 e. The van der Waals surface area contributed by atoms with Crippen molar-refractivity contribution < 1.29 is 13.2 Å². The van der Waals surface area contributed by atoms with Gasteiger partial charge in [0.25, 0.3) is 5.91 Å². The Morgan fingerprint density at radius 2 is 1.92 bits per heavy atom. The summed E-state index contributed by atoms with van der Waals surface area (Å²) in [5.74, 6) is -0.187. The van der Waals surface area contributed by atoms with Crippen LogP contribution in [0.3, 0.4) is 0 Å². The van der Waals surface area contributed by atoms with Crippen LogP contribution in [0.1, 0.15) is 28.8 Å². The van der Waals surface area contributed by atoms with Crippen molar-refractivity contribution in [1.29, 1.82) is 0 Å². The van der Waals surface area contributed by atoms with Crippen LogP contribution in [0, 0.1) is 0 Å². The lowest BCUT2D eigenvalue weighted by molar-refractivity contribution is 0.0954. The van der Waals surface area contributed by atoms with E-state index in [0.717, 1.165) is 24.1 Å². The first-order valence-corrected chi connectivity index (χ1v) is 9.58. The molecule has 1 aromatic heterocycles. The number of amides is 1. The molecule has 0 bridgehead atoms. The van der Waals surface area contributed by atoms with Crippen LogP contribution < -0.4 is 15.8 Å². The van der Waals surface area contributed by atoms with E-state index in [9.17, 15) is 13.2 Å². The van der Waals surface area contributed by atoms with Gasteiger partial charge in [0.1, 0.15) is 0 Å². The van der Waals surface area contributed by atoms with E-state index in [0.29, 0.717) is 24.6 Å². The van der Waals surface area contributed by atoms with Crippen molar-refractivity contribution in [2.75, 3.05) is 11.9 Å². The minimum atomic E-state index is -3.68. The molecule has 0 saturated heterocycles. The van der Waals surface area contributed by atoms with Gasteiger partial charge in [-0.1, -0.05) is 12.1 Å². The van der Waals surface area contributed by atoms with Crippen LogP contribution in [0.25, 0.3) is 0 Å². The molecule has 8 heteroatoms. The molecule has 0 spiro atoms. The highest BCUT2D eigenvalue weighted by Crippen LogP contribution is 2.24. The molecule has 1 fully saturated rings. The number of aromatic nitrogens is 1. The van der Waals surface area contributed by atoms with Gasteiger partial charge in [-0.25, -0.2) is 13.6 Å². The second-order valence-electron chi connectivity index (χ2n) is 6.08. The summed E-state index contributed by atoms with van der Waals surface area (Å²) >= 11 is 0. The van der Waals surface area contributed by atoms with E-state index in [-0.39, 0.29) is 10.8 Å². The first-order valence-electron chi connectivity index (χ1n) is 8.03. The molecule has 7 nitrogen and oxygen atoms in total. The quantitative estimate of drug-likeness (QED) is 0.688. The Morgan fingerprint density at radius 1 is 1.20 bits per heavy atom. The van der Waals surface area contributed by atoms with Crippen LogP contribution in [0.2, 0.25) is 0 Å². The van der Waals surface area contributed by atoms with Crippen LogP contribution in [-0.4, -0.2) is 31.9 Å². The predicted molar refractivity (Wildman–Crippen MR) is 94.7 cm³/mol. The van der Waals surface area contributed by atoms with Crippen molar-refractivity contribution in [2.45, 2.75) is 30.2 Å². The Hall–Kier alpha value is -2.45. The third kappa shape index (κ3) is 5.01. The molecule has 1 aliphatic carbocycles. The fourth-order valence-corrected chi connectivity index (χ4v) is 2.89. The zero-order valence-corrected chi connectivity index (χ0v) is 14.4. The number of rotatable bonds is 7. The van der Waals surface area contributed by atoms with Crippen molar-refractivity contribution in [1.82, 2.24) is 10.3 Å². The molecule has 4 N–H and O–H groups in total. The predicted octanol–water partition coefficient (Wildman–Crippen LogP) is 1.28. The summed E-state index contributed by atoms with van der Waals surface area (Å²) in [5.41, 5.74) is 2.28. The summed E-state index contributed by atoms with van der Waals surface area (Å²) in [6.45, 7) is 0.438. The summed E-state index contributed by atoms with van der Waals surface area (Å²) in [6, 6.07) is 8.59. The maximum Gasteiger partial charge on any atom is 0.252 e. The van der Waals surface area contributed by atoms with E-state index >= 15 is 0 Å². The standard InChI is InChI=1S/C17H20N4O3S/c18-25(23,24)16-5-1-12(2-6-16)7-8-20-17(22)13-9-15(11-19-10-13)21-14-3-4-14/h1-2,5-6,9-11,14,21H,3-4,7-8H2,(H,20,22)(H2,18,23,24). The number of benzene rings is 1. The SMILES string of the molecule is NS(=O)(=O)c1ccc(CCNC(=O)c2cncc(NC3CC3)c2)cc1. The average Bonchev–Trinajstić information content (AvgIpc) is 3.38. The van der Waals surface area contributed by atoms with Crippen LogP contribution in [0.15, 0.2) is 47.6 Å². The molecule has 2 aromatic rings.